The lowest BCUT2D eigenvalue weighted by molar-refractivity contribution is 0.230. The molecule has 0 saturated heterocycles. The molecule has 0 heterocycles. The quantitative estimate of drug-likeness (QED) is 0.707. The molecule has 1 aromatic carbocycles. The van der Waals surface area contributed by atoms with E-state index in [2.05, 4.69) is 55.2 Å². The summed E-state index contributed by atoms with van der Waals surface area (Å²) in [6, 6.07) is 11.2. The molecule has 1 heteroatoms. The zero-order valence-electron chi connectivity index (χ0n) is 12.9. The van der Waals surface area contributed by atoms with Crippen molar-refractivity contribution in [3.8, 4) is 0 Å². The number of hydrogen-bond donors (Lipinski definition) is 1. The van der Waals surface area contributed by atoms with Gasteiger partial charge in [0.15, 0.2) is 0 Å². The van der Waals surface area contributed by atoms with Gasteiger partial charge in [0, 0.05) is 11.6 Å². The summed E-state index contributed by atoms with van der Waals surface area (Å²) >= 11 is 0. The average molecular weight is 271 g/mol. The minimum Gasteiger partial charge on any atom is -0.304 e. The van der Waals surface area contributed by atoms with Crippen molar-refractivity contribution in [2.24, 2.45) is 0 Å². The summed E-state index contributed by atoms with van der Waals surface area (Å²) in [4.78, 5) is 0. The van der Waals surface area contributed by atoms with Crippen LogP contribution in [0.4, 0.5) is 0 Å². The first-order valence-corrected chi connectivity index (χ1v) is 8.19. The van der Waals surface area contributed by atoms with Crippen molar-refractivity contribution in [2.45, 2.75) is 69.9 Å². The molecule has 1 fully saturated rings. The Morgan fingerprint density at radius 2 is 1.70 bits per heavy atom. The van der Waals surface area contributed by atoms with Crippen molar-refractivity contribution >= 4 is 0 Å². The first kappa shape index (κ1) is 15.3. The zero-order valence-corrected chi connectivity index (χ0v) is 12.9. The summed E-state index contributed by atoms with van der Waals surface area (Å²) in [5.41, 5.74) is 1.65. The van der Waals surface area contributed by atoms with Gasteiger partial charge in [-0.3, -0.25) is 0 Å². The number of benzene rings is 1. The van der Waals surface area contributed by atoms with E-state index in [-0.39, 0.29) is 5.54 Å². The minimum absolute atomic E-state index is 0.261. The summed E-state index contributed by atoms with van der Waals surface area (Å²) in [6.07, 6.45) is 12.7. The molecule has 1 aromatic rings. The van der Waals surface area contributed by atoms with Gasteiger partial charge in [0.05, 0.1) is 0 Å². The van der Waals surface area contributed by atoms with Crippen LogP contribution in [-0.4, -0.2) is 5.54 Å². The highest BCUT2D eigenvalue weighted by atomic mass is 15.0. The third-order valence-electron chi connectivity index (χ3n) is 4.67. The second kappa shape index (κ2) is 7.64. The minimum atomic E-state index is 0.261. The van der Waals surface area contributed by atoms with Gasteiger partial charge in [0.2, 0.25) is 0 Å². The van der Waals surface area contributed by atoms with Crippen molar-refractivity contribution < 1.29 is 0 Å². The van der Waals surface area contributed by atoms with E-state index in [1.807, 2.05) is 0 Å². The van der Waals surface area contributed by atoms with Crippen LogP contribution in [0.3, 0.4) is 0 Å². The van der Waals surface area contributed by atoms with Gasteiger partial charge in [0.25, 0.3) is 0 Å². The molecule has 0 amide bonds. The molecule has 0 aliphatic heterocycles. The van der Waals surface area contributed by atoms with Crippen LogP contribution in [0.15, 0.2) is 43.0 Å². The van der Waals surface area contributed by atoms with Gasteiger partial charge in [-0.2, -0.15) is 0 Å². The van der Waals surface area contributed by atoms with Crippen LogP contribution in [0.5, 0.6) is 0 Å². The van der Waals surface area contributed by atoms with Gasteiger partial charge < -0.3 is 5.32 Å². The van der Waals surface area contributed by atoms with E-state index in [1.54, 1.807) is 0 Å². The maximum Gasteiger partial charge on any atom is 0.0297 e. The van der Waals surface area contributed by atoms with E-state index >= 15 is 0 Å². The lowest BCUT2D eigenvalue weighted by Crippen LogP contribution is -2.46. The van der Waals surface area contributed by atoms with Crippen molar-refractivity contribution in [3.63, 3.8) is 0 Å². The van der Waals surface area contributed by atoms with Crippen LogP contribution in [0, 0.1) is 0 Å². The second-order valence-corrected chi connectivity index (χ2v) is 6.32. The second-order valence-electron chi connectivity index (χ2n) is 6.32. The van der Waals surface area contributed by atoms with Crippen LogP contribution < -0.4 is 5.32 Å². The van der Waals surface area contributed by atoms with Gasteiger partial charge >= 0.3 is 0 Å². The fourth-order valence-corrected chi connectivity index (χ4v) is 3.55. The van der Waals surface area contributed by atoms with E-state index in [0.717, 1.165) is 6.42 Å². The van der Waals surface area contributed by atoms with Gasteiger partial charge in [-0.1, -0.05) is 68.5 Å². The Kier molecular flexibility index (Phi) is 5.85. The maximum atomic E-state index is 3.99. The molecule has 1 nitrogen and oxygen atoms in total. The fraction of sp³-hybridized carbons (Fsp3) is 0.579. The molecule has 0 unspecified atom stereocenters. The molecule has 1 aliphatic carbocycles. The van der Waals surface area contributed by atoms with Gasteiger partial charge in [-0.25, -0.2) is 0 Å². The normalized spacial score (nSPS) is 20.6. The zero-order chi connectivity index (χ0) is 14.3. The molecule has 110 valence electrons. The lowest BCUT2D eigenvalue weighted by Gasteiger charge is -2.38. The largest absolute Gasteiger partial charge is 0.304 e. The van der Waals surface area contributed by atoms with Crippen LogP contribution in [-0.2, 0) is 0 Å². The summed E-state index contributed by atoms with van der Waals surface area (Å²) in [5, 5.41) is 3.95. The third kappa shape index (κ3) is 4.21. The predicted molar refractivity (Wildman–Crippen MR) is 87.9 cm³/mol. The standard InChI is InChI=1S/C19H29N/c1-3-14-19(15-10-5-4-6-11-16-19)20-17(2)18-12-8-7-9-13-18/h3,7-9,12-13,17,20H,1,4-6,10-11,14-16H2,2H3/t17-/m0/s1. The van der Waals surface area contributed by atoms with Crippen LogP contribution >= 0.6 is 0 Å². The Bertz CT molecular complexity index is 387. The molecule has 1 N–H and O–H groups in total. The van der Waals surface area contributed by atoms with Crippen molar-refractivity contribution in [1.82, 2.24) is 5.32 Å². The summed E-state index contributed by atoms with van der Waals surface area (Å²) in [7, 11) is 0. The first-order valence-electron chi connectivity index (χ1n) is 8.19. The average Bonchev–Trinajstić information content (AvgIpc) is 2.44. The molecule has 0 spiro atoms. The molecule has 0 aromatic heterocycles. The van der Waals surface area contributed by atoms with Crippen molar-refractivity contribution in [3.05, 3.63) is 48.6 Å². The number of hydrogen-bond acceptors (Lipinski definition) is 1. The van der Waals surface area contributed by atoms with Crippen molar-refractivity contribution in [1.29, 1.82) is 0 Å². The monoisotopic (exact) mass is 271 g/mol. The fourth-order valence-electron chi connectivity index (χ4n) is 3.55. The van der Waals surface area contributed by atoms with Crippen LogP contribution in [0.1, 0.15) is 69.9 Å². The summed E-state index contributed by atoms with van der Waals surface area (Å²) in [6.45, 7) is 6.28. The van der Waals surface area contributed by atoms with Gasteiger partial charge in [-0.15, -0.1) is 6.58 Å². The Balaban J connectivity index is 2.08. The highest BCUT2D eigenvalue weighted by molar-refractivity contribution is 5.19. The Labute approximate surface area is 124 Å². The lowest BCUT2D eigenvalue weighted by atomic mass is 9.80. The molecule has 1 saturated carbocycles. The highest BCUT2D eigenvalue weighted by Crippen LogP contribution is 2.32. The Morgan fingerprint density at radius 1 is 1.10 bits per heavy atom. The van der Waals surface area contributed by atoms with Crippen LogP contribution in [0.25, 0.3) is 0 Å². The van der Waals surface area contributed by atoms with Gasteiger partial charge in [-0.05, 0) is 31.7 Å². The Hall–Kier alpha value is -1.08. The van der Waals surface area contributed by atoms with Gasteiger partial charge in [0.1, 0.15) is 0 Å². The first-order chi connectivity index (χ1) is 9.76. The molecule has 0 bridgehead atoms. The SMILES string of the molecule is C=CCC1(N[C@@H](C)c2ccccc2)CCCCCCC1. The van der Waals surface area contributed by atoms with E-state index in [0.29, 0.717) is 6.04 Å². The van der Waals surface area contributed by atoms with E-state index in [9.17, 15) is 0 Å². The molecule has 1 atom stereocenters. The highest BCUT2D eigenvalue weighted by Gasteiger charge is 2.30. The molecule has 1 aliphatic rings. The smallest absolute Gasteiger partial charge is 0.0297 e. The number of nitrogens with one attached hydrogen (secondary N) is 1. The predicted octanol–water partition coefficient (Wildman–Crippen LogP) is 5.40. The molecule has 0 radical (unpaired) electrons. The molecular formula is C19H29N. The summed E-state index contributed by atoms with van der Waals surface area (Å²) < 4.78 is 0. The molecular weight excluding hydrogens is 242 g/mol. The Morgan fingerprint density at radius 3 is 2.30 bits per heavy atom. The van der Waals surface area contributed by atoms with Crippen LogP contribution in [0.2, 0.25) is 0 Å². The third-order valence-corrected chi connectivity index (χ3v) is 4.67. The maximum absolute atomic E-state index is 3.99. The van der Waals surface area contributed by atoms with E-state index in [4.69, 9.17) is 0 Å². The topological polar surface area (TPSA) is 12.0 Å². The van der Waals surface area contributed by atoms with Crippen molar-refractivity contribution in [2.75, 3.05) is 0 Å². The summed E-state index contributed by atoms with van der Waals surface area (Å²) in [5.74, 6) is 0. The van der Waals surface area contributed by atoms with E-state index in [1.165, 1.54) is 50.5 Å². The molecule has 2 rings (SSSR count). The molecule has 20 heavy (non-hydrogen) atoms. The number of rotatable bonds is 5. The van der Waals surface area contributed by atoms with E-state index < -0.39 is 0 Å².